The fourth-order valence-corrected chi connectivity index (χ4v) is 2.94. The van der Waals surface area contributed by atoms with Gasteiger partial charge in [0, 0.05) is 10.5 Å². The first-order chi connectivity index (χ1) is 9.99. The Morgan fingerprint density at radius 1 is 1.10 bits per heavy atom. The standard InChI is InChI=1S/C17H19Br2NO/c1-3-14(20)9-12-5-6-13(18)10-17(12)21-16-7-4-11(2)8-15(16)19/h4-8,10,14H,3,9,20H2,1-2H3. The third-order valence-electron chi connectivity index (χ3n) is 3.34. The van der Waals surface area contributed by atoms with E-state index in [0.717, 1.165) is 38.8 Å². The highest BCUT2D eigenvalue weighted by Crippen LogP contribution is 2.34. The van der Waals surface area contributed by atoms with Crippen molar-refractivity contribution in [2.45, 2.75) is 32.7 Å². The Morgan fingerprint density at radius 3 is 2.52 bits per heavy atom. The maximum Gasteiger partial charge on any atom is 0.141 e. The number of hydrogen-bond acceptors (Lipinski definition) is 2. The van der Waals surface area contributed by atoms with Crippen molar-refractivity contribution in [2.24, 2.45) is 5.73 Å². The van der Waals surface area contributed by atoms with Crippen LogP contribution in [0.25, 0.3) is 0 Å². The molecule has 0 aliphatic heterocycles. The Bertz CT molecular complexity index is 628. The molecule has 2 rings (SSSR count). The van der Waals surface area contributed by atoms with Crippen LogP contribution >= 0.6 is 31.9 Å². The molecule has 1 atom stereocenters. The van der Waals surface area contributed by atoms with Crippen LogP contribution in [0.2, 0.25) is 0 Å². The lowest BCUT2D eigenvalue weighted by Crippen LogP contribution is -2.21. The van der Waals surface area contributed by atoms with Crippen molar-refractivity contribution in [1.82, 2.24) is 0 Å². The fraction of sp³-hybridized carbons (Fsp3) is 0.294. The molecule has 0 fully saturated rings. The minimum absolute atomic E-state index is 0.148. The van der Waals surface area contributed by atoms with Gasteiger partial charge in [0.2, 0.25) is 0 Å². The van der Waals surface area contributed by atoms with Crippen LogP contribution in [0, 0.1) is 6.92 Å². The second kappa shape index (κ2) is 7.43. The lowest BCUT2D eigenvalue weighted by Gasteiger charge is -2.15. The van der Waals surface area contributed by atoms with E-state index in [1.807, 2.05) is 30.3 Å². The van der Waals surface area contributed by atoms with Crippen molar-refractivity contribution >= 4 is 31.9 Å². The highest BCUT2D eigenvalue weighted by Gasteiger charge is 2.11. The molecule has 2 aromatic carbocycles. The molecule has 0 aliphatic carbocycles. The number of halogens is 2. The molecule has 0 bridgehead atoms. The number of rotatable bonds is 5. The number of aryl methyl sites for hydroxylation is 1. The number of nitrogens with two attached hydrogens (primary N) is 1. The zero-order valence-electron chi connectivity index (χ0n) is 12.2. The van der Waals surface area contributed by atoms with Gasteiger partial charge in [0.05, 0.1) is 4.47 Å². The molecule has 0 saturated heterocycles. The zero-order valence-corrected chi connectivity index (χ0v) is 15.4. The van der Waals surface area contributed by atoms with Gasteiger partial charge in [-0.15, -0.1) is 0 Å². The van der Waals surface area contributed by atoms with E-state index in [9.17, 15) is 0 Å². The second-order valence-electron chi connectivity index (χ2n) is 5.16. The quantitative estimate of drug-likeness (QED) is 0.694. The monoisotopic (exact) mass is 411 g/mol. The van der Waals surface area contributed by atoms with E-state index in [2.05, 4.69) is 51.8 Å². The Hall–Kier alpha value is -0.840. The summed E-state index contributed by atoms with van der Waals surface area (Å²) in [6.07, 6.45) is 1.76. The zero-order chi connectivity index (χ0) is 15.4. The lowest BCUT2D eigenvalue weighted by molar-refractivity contribution is 0.469. The van der Waals surface area contributed by atoms with Crippen LogP contribution in [0.1, 0.15) is 24.5 Å². The SMILES string of the molecule is CCC(N)Cc1ccc(Br)cc1Oc1ccc(C)cc1Br. The highest BCUT2D eigenvalue weighted by molar-refractivity contribution is 9.10. The number of ether oxygens (including phenoxy) is 1. The van der Waals surface area contributed by atoms with Gasteiger partial charge >= 0.3 is 0 Å². The van der Waals surface area contributed by atoms with E-state index >= 15 is 0 Å². The van der Waals surface area contributed by atoms with Crippen molar-refractivity contribution in [2.75, 3.05) is 0 Å². The third-order valence-corrected chi connectivity index (χ3v) is 4.46. The minimum atomic E-state index is 0.148. The predicted molar refractivity (Wildman–Crippen MR) is 95.1 cm³/mol. The van der Waals surface area contributed by atoms with Crippen molar-refractivity contribution in [1.29, 1.82) is 0 Å². The summed E-state index contributed by atoms with van der Waals surface area (Å²) in [5, 5.41) is 0. The molecular weight excluding hydrogens is 394 g/mol. The summed E-state index contributed by atoms with van der Waals surface area (Å²) >= 11 is 7.05. The number of benzene rings is 2. The minimum Gasteiger partial charge on any atom is -0.456 e. The molecule has 0 saturated carbocycles. The van der Waals surface area contributed by atoms with Gasteiger partial charge in [-0.1, -0.05) is 35.0 Å². The maximum absolute atomic E-state index is 6.09. The molecule has 2 aromatic rings. The summed E-state index contributed by atoms with van der Waals surface area (Å²) in [5.74, 6) is 1.66. The van der Waals surface area contributed by atoms with E-state index < -0.39 is 0 Å². The van der Waals surface area contributed by atoms with E-state index in [1.54, 1.807) is 0 Å². The maximum atomic E-state index is 6.09. The summed E-state index contributed by atoms with van der Waals surface area (Å²) in [4.78, 5) is 0. The van der Waals surface area contributed by atoms with E-state index in [0.29, 0.717) is 0 Å². The van der Waals surface area contributed by atoms with Crippen molar-refractivity contribution in [3.05, 3.63) is 56.5 Å². The van der Waals surface area contributed by atoms with Crippen LogP contribution in [0.3, 0.4) is 0 Å². The molecule has 1 unspecified atom stereocenters. The molecule has 2 nitrogen and oxygen atoms in total. The van der Waals surface area contributed by atoms with Crippen molar-refractivity contribution < 1.29 is 4.74 Å². The molecular formula is C17H19Br2NO. The van der Waals surface area contributed by atoms with Crippen molar-refractivity contribution in [3.63, 3.8) is 0 Å². The molecule has 0 amide bonds. The molecule has 0 aliphatic rings. The van der Waals surface area contributed by atoms with Gasteiger partial charge < -0.3 is 10.5 Å². The Balaban J connectivity index is 2.31. The fourth-order valence-electron chi connectivity index (χ4n) is 2.03. The van der Waals surface area contributed by atoms with Gasteiger partial charge in [-0.2, -0.15) is 0 Å². The molecule has 2 N–H and O–H groups in total. The number of hydrogen-bond donors (Lipinski definition) is 1. The first-order valence-electron chi connectivity index (χ1n) is 6.97. The second-order valence-corrected chi connectivity index (χ2v) is 6.93. The average molecular weight is 413 g/mol. The average Bonchev–Trinajstić information content (AvgIpc) is 2.44. The van der Waals surface area contributed by atoms with Crippen LogP contribution in [-0.2, 0) is 6.42 Å². The molecule has 112 valence electrons. The van der Waals surface area contributed by atoms with Gasteiger partial charge in [0.1, 0.15) is 11.5 Å². The van der Waals surface area contributed by atoms with E-state index in [-0.39, 0.29) is 6.04 Å². The van der Waals surface area contributed by atoms with E-state index in [4.69, 9.17) is 10.5 Å². The van der Waals surface area contributed by atoms with Gasteiger partial charge in [0.15, 0.2) is 0 Å². The molecule has 4 heteroatoms. The van der Waals surface area contributed by atoms with E-state index in [1.165, 1.54) is 5.56 Å². The topological polar surface area (TPSA) is 35.2 Å². The molecule has 0 spiro atoms. The molecule has 0 aromatic heterocycles. The third kappa shape index (κ3) is 4.56. The highest BCUT2D eigenvalue weighted by atomic mass is 79.9. The van der Waals surface area contributed by atoms with Crippen LogP contribution < -0.4 is 10.5 Å². The molecule has 0 heterocycles. The van der Waals surface area contributed by atoms with Gasteiger partial charge in [0.25, 0.3) is 0 Å². The molecule has 0 radical (unpaired) electrons. The summed E-state index contributed by atoms with van der Waals surface area (Å²) in [6, 6.07) is 12.3. The van der Waals surface area contributed by atoms with Crippen LogP contribution in [-0.4, -0.2) is 6.04 Å². The van der Waals surface area contributed by atoms with Crippen molar-refractivity contribution in [3.8, 4) is 11.5 Å². The Morgan fingerprint density at radius 2 is 1.86 bits per heavy atom. The summed E-state index contributed by atoms with van der Waals surface area (Å²) in [6.45, 7) is 4.15. The predicted octanol–water partition coefficient (Wildman–Crippen LogP) is 5.59. The molecule has 21 heavy (non-hydrogen) atoms. The summed E-state index contributed by atoms with van der Waals surface area (Å²) < 4.78 is 8.04. The van der Waals surface area contributed by atoms with Crippen LogP contribution in [0.4, 0.5) is 0 Å². The summed E-state index contributed by atoms with van der Waals surface area (Å²) in [7, 11) is 0. The smallest absolute Gasteiger partial charge is 0.141 e. The van der Waals surface area contributed by atoms with Gasteiger partial charge in [-0.25, -0.2) is 0 Å². The normalized spacial score (nSPS) is 12.2. The first-order valence-corrected chi connectivity index (χ1v) is 8.56. The largest absolute Gasteiger partial charge is 0.456 e. The van der Waals surface area contributed by atoms with Gasteiger partial charge in [-0.3, -0.25) is 0 Å². The van der Waals surface area contributed by atoms with Gasteiger partial charge in [-0.05, 0) is 71.1 Å². The summed E-state index contributed by atoms with van der Waals surface area (Å²) in [5.41, 5.74) is 8.39. The Labute approximate surface area is 143 Å². The Kier molecular flexibility index (Phi) is 5.85. The first kappa shape index (κ1) is 16.5. The van der Waals surface area contributed by atoms with Crippen LogP contribution in [0.15, 0.2) is 45.3 Å². The van der Waals surface area contributed by atoms with Crippen LogP contribution in [0.5, 0.6) is 11.5 Å². The lowest BCUT2D eigenvalue weighted by atomic mass is 10.0.